The average molecular weight is 234 g/mol. The van der Waals surface area contributed by atoms with Crippen molar-refractivity contribution in [1.29, 1.82) is 0 Å². The molecule has 0 saturated carbocycles. The second kappa shape index (κ2) is 5.84. The number of hydrogen-bond donors (Lipinski definition) is 1. The molecular weight excluding hydrogens is 220 g/mol. The molecule has 4 heteroatoms. The third-order valence-corrected chi connectivity index (χ3v) is 2.21. The number of carboxylic acids is 1. The Hall–Kier alpha value is -2.10. The monoisotopic (exact) mass is 234 g/mol. The molecule has 4 nitrogen and oxygen atoms in total. The van der Waals surface area contributed by atoms with Gasteiger partial charge in [-0.05, 0) is 43.2 Å². The van der Waals surface area contributed by atoms with Crippen LogP contribution < -0.4 is 0 Å². The molecule has 0 radical (unpaired) electrons. The topological polar surface area (TPSA) is 63.6 Å². The number of carbonyl (C=O) groups excluding carboxylic acids is 1. The number of carboxylic acid groups (broad SMARTS) is 1. The van der Waals surface area contributed by atoms with Crippen molar-refractivity contribution in [2.45, 2.75) is 13.8 Å². The molecule has 0 amide bonds. The van der Waals surface area contributed by atoms with E-state index in [0.717, 1.165) is 5.56 Å². The molecule has 0 spiro atoms. The Morgan fingerprint density at radius 2 is 2.12 bits per heavy atom. The molecule has 0 aliphatic rings. The summed E-state index contributed by atoms with van der Waals surface area (Å²) >= 11 is 0. The first-order valence-electron chi connectivity index (χ1n) is 5.23. The van der Waals surface area contributed by atoms with E-state index in [2.05, 4.69) is 0 Å². The quantitative estimate of drug-likeness (QED) is 0.641. The van der Waals surface area contributed by atoms with Crippen LogP contribution in [0.5, 0.6) is 0 Å². The van der Waals surface area contributed by atoms with Crippen LogP contribution in [0.4, 0.5) is 0 Å². The van der Waals surface area contributed by atoms with Crippen molar-refractivity contribution < 1.29 is 19.4 Å². The van der Waals surface area contributed by atoms with Gasteiger partial charge in [0, 0.05) is 6.08 Å². The molecule has 0 fully saturated rings. The number of carbonyl (C=O) groups is 2. The first-order valence-corrected chi connectivity index (χ1v) is 5.23. The first-order chi connectivity index (χ1) is 8.04. The Morgan fingerprint density at radius 1 is 1.41 bits per heavy atom. The third-order valence-electron chi connectivity index (χ3n) is 2.21. The number of benzene rings is 1. The Kier molecular flexibility index (Phi) is 4.46. The maximum atomic E-state index is 11.1. The van der Waals surface area contributed by atoms with Crippen molar-refractivity contribution in [2.75, 3.05) is 6.61 Å². The Labute approximate surface area is 99.5 Å². The summed E-state index contributed by atoms with van der Waals surface area (Å²) in [6.07, 6.45) is 2.84. The minimum atomic E-state index is -0.990. The highest BCUT2D eigenvalue weighted by Gasteiger charge is 2.04. The van der Waals surface area contributed by atoms with Gasteiger partial charge in [0.25, 0.3) is 0 Å². The van der Waals surface area contributed by atoms with E-state index < -0.39 is 11.9 Å². The molecule has 0 aliphatic carbocycles. The molecule has 17 heavy (non-hydrogen) atoms. The Balaban J connectivity index is 2.93. The fourth-order valence-corrected chi connectivity index (χ4v) is 1.30. The summed E-state index contributed by atoms with van der Waals surface area (Å²) in [5.74, 6) is -1.43. The van der Waals surface area contributed by atoms with E-state index in [1.165, 1.54) is 18.2 Å². The predicted octanol–water partition coefficient (Wildman–Crippen LogP) is 2.27. The van der Waals surface area contributed by atoms with Crippen molar-refractivity contribution in [1.82, 2.24) is 0 Å². The van der Waals surface area contributed by atoms with Gasteiger partial charge in [0.15, 0.2) is 0 Å². The van der Waals surface area contributed by atoms with Crippen LogP contribution in [0.1, 0.15) is 28.4 Å². The molecule has 0 bridgehead atoms. The molecule has 0 heterocycles. The van der Waals surface area contributed by atoms with Gasteiger partial charge < -0.3 is 9.84 Å². The van der Waals surface area contributed by atoms with E-state index in [1.54, 1.807) is 19.1 Å². The summed E-state index contributed by atoms with van der Waals surface area (Å²) in [7, 11) is 0. The first kappa shape index (κ1) is 13.0. The van der Waals surface area contributed by atoms with E-state index in [1.807, 2.05) is 6.92 Å². The van der Waals surface area contributed by atoms with Crippen LogP contribution in [0, 0.1) is 6.92 Å². The van der Waals surface area contributed by atoms with E-state index in [0.29, 0.717) is 12.2 Å². The van der Waals surface area contributed by atoms with Crippen molar-refractivity contribution in [3.8, 4) is 0 Å². The molecule has 0 aliphatic heterocycles. The number of hydrogen-bond acceptors (Lipinski definition) is 3. The van der Waals surface area contributed by atoms with E-state index in [-0.39, 0.29) is 5.56 Å². The van der Waals surface area contributed by atoms with Crippen LogP contribution in [0.2, 0.25) is 0 Å². The summed E-state index contributed by atoms with van der Waals surface area (Å²) in [5.41, 5.74) is 1.78. The average Bonchev–Trinajstić information content (AvgIpc) is 2.28. The summed E-state index contributed by atoms with van der Waals surface area (Å²) in [6, 6.07) is 4.75. The lowest BCUT2D eigenvalue weighted by atomic mass is 10.0. The fraction of sp³-hybridized carbons (Fsp3) is 0.231. The van der Waals surface area contributed by atoms with E-state index >= 15 is 0 Å². The SMILES string of the molecule is CCOC(=O)C=Cc1cc(C(=O)O)ccc1C. The summed E-state index contributed by atoms with van der Waals surface area (Å²) in [6.45, 7) is 3.88. The standard InChI is InChI=1S/C13H14O4/c1-3-17-12(14)7-6-10-8-11(13(15)16)5-4-9(10)2/h4-8H,3H2,1-2H3,(H,15,16). The Bertz CT molecular complexity index is 460. The maximum Gasteiger partial charge on any atom is 0.335 e. The third kappa shape index (κ3) is 3.75. The molecule has 0 atom stereocenters. The number of ether oxygens (including phenoxy) is 1. The van der Waals surface area contributed by atoms with Crippen molar-refractivity contribution in [3.05, 3.63) is 41.0 Å². The van der Waals surface area contributed by atoms with Crippen LogP contribution in [-0.4, -0.2) is 23.7 Å². The van der Waals surface area contributed by atoms with E-state index in [9.17, 15) is 9.59 Å². The maximum absolute atomic E-state index is 11.1. The van der Waals surface area contributed by atoms with Gasteiger partial charge in [-0.3, -0.25) is 0 Å². The number of rotatable bonds is 4. The van der Waals surface area contributed by atoms with Gasteiger partial charge in [-0.1, -0.05) is 6.07 Å². The molecule has 90 valence electrons. The summed E-state index contributed by atoms with van der Waals surface area (Å²) in [5, 5.41) is 8.85. The second-order valence-electron chi connectivity index (χ2n) is 3.46. The van der Waals surface area contributed by atoms with Crippen LogP contribution in [0.25, 0.3) is 6.08 Å². The molecular formula is C13H14O4. The molecule has 1 N–H and O–H groups in total. The van der Waals surface area contributed by atoms with Crippen LogP contribution in [0.3, 0.4) is 0 Å². The van der Waals surface area contributed by atoms with Gasteiger partial charge >= 0.3 is 11.9 Å². The van der Waals surface area contributed by atoms with Crippen molar-refractivity contribution in [3.63, 3.8) is 0 Å². The van der Waals surface area contributed by atoms with E-state index in [4.69, 9.17) is 9.84 Å². The summed E-state index contributed by atoms with van der Waals surface area (Å²) < 4.78 is 4.74. The number of aryl methyl sites for hydroxylation is 1. The van der Waals surface area contributed by atoms with Gasteiger partial charge in [0.05, 0.1) is 12.2 Å². The zero-order valence-corrected chi connectivity index (χ0v) is 9.77. The highest BCUT2D eigenvalue weighted by atomic mass is 16.5. The zero-order chi connectivity index (χ0) is 12.8. The summed E-state index contributed by atoms with van der Waals surface area (Å²) in [4.78, 5) is 21.9. The molecule has 1 aromatic carbocycles. The van der Waals surface area contributed by atoms with Crippen LogP contribution >= 0.6 is 0 Å². The van der Waals surface area contributed by atoms with Crippen molar-refractivity contribution in [2.24, 2.45) is 0 Å². The Morgan fingerprint density at radius 3 is 2.71 bits per heavy atom. The molecule has 0 aromatic heterocycles. The minimum absolute atomic E-state index is 0.194. The molecule has 0 saturated heterocycles. The van der Waals surface area contributed by atoms with Crippen molar-refractivity contribution >= 4 is 18.0 Å². The van der Waals surface area contributed by atoms with Gasteiger partial charge in [0.1, 0.15) is 0 Å². The van der Waals surface area contributed by atoms with Gasteiger partial charge in [-0.25, -0.2) is 9.59 Å². The fourth-order valence-electron chi connectivity index (χ4n) is 1.30. The van der Waals surface area contributed by atoms with Gasteiger partial charge in [-0.2, -0.15) is 0 Å². The smallest absolute Gasteiger partial charge is 0.335 e. The lowest BCUT2D eigenvalue weighted by Gasteiger charge is -2.02. The number of esters is 1. The van der Waals surface area contributed by atoms with Crippen LogP contribution in [-0.2, 0) is 9.53 Å². The zero-order valence-electron chi connectivity index (χ0n) is 9.77. The molecule has 1 rings (SSSR count). The normalized spacial score (nSPS) is 10.5. The lowest BCUT2D eigenvalue weighted by Crippen LogP contribution is -2.00. The highest BCUT2D eigenvalue weighted by molar-refractivity contribution is 5.90. The van der Waals surface area contributed by atoms with Crippen LogP contribution in [0.15, 0.2) is 24.3 Å². The van der Waals surface area contributed by atoms with Gasteiger partial charge in [0.2, 0.25) is 0 Å². The predicted molar refractivity (Wildman–Crippen MR) is 63.8 cm³/mol. The molecule has 0 unspecified atom stereocenters. The largest absolute Gasteiger partial charge is 0.478 e. The van der Waals surface area contributed by atoms with Gasteiger partial charge in [-0.15, -0.1) is 0 Å². The highest BCUT2D eigenvalue weighted by Crippen LogP contribution is 2.13. The minimum Gasteiger partial charge on any atom is -0.478 e. The lowest BCUT2D eigenvalue weighted by molar-refractivity contribution is -0.137. The second-order valence-corrected chi connectivity index (χ2v) is 3.46. The molecule has 1 aromatic rings. The number of aromatic carboxylic acids is 1.